The van der Waals surface area contributed by atoms with E-state index in [2.05, 4.69) is 29.2 Å². The lowest BCUT2D eigenvalue weighted by Crippen LogP contribution is -2.45. The van der Waals surface area contributed by atoms with E-state index in [-0.39, 0.29) is 5.91 Å². The van der Waals surface area contributed by atoms with Gasteiger partial charge in [-0.2, -0.15) is 0 Å². The maximum atomic E-state index is 12.0. The van der Waals surface area contributed by atoms with Gasteiger partial charge in [0.1, 0.15) is 0 Å². The summed E-state index contributed by atoms with van der Waals surface area (Å²) in [6.07, 6.45) is 2.35. The lowest BCUT2D eigenvalue weighted by atomic mass is 10.0. The van der Waals surface area contributed by atoms with Crippen molar-refractivity contribution in [3.63, 3.8) is 0 Å². The van der Waals surface area contributed by atoms with Crippen molar-refractivity contribution in [1.29, 1.82) is 0 Å². The molecule has 1 aromatic rings. The van der Waals surface area contributed by atoms with Gasteiger partial charge in [-0.05, 0) is 52.1 Å². The van der Waals surface area contributed by atoms with E-state index in [1.807, 2.05) is 19.1 Å². The molecule has 1 atom stereocenters. The van der Waals surface area contributed by atoms with Crippen molar-refractivity contribution in [2.75, 3.05) is 44.4 Å². The molecular formula is C16H26N4O. The molecule has 1 fully saturated rings. The van der Waals surface area contributed by atoms with E-state index in [0.717, 1.165) is 30.9 Å². The van der Waals surface area contributed by atoms with E-state index in [9.17, 15) is 4.79 Å². The number of carbonyl (C=O) groups excluding carboxylic acids is 1. The molecule has 0 radical (unpaired) electrons. The van der Waals surface area contributed by atoms with Gasteiger partial charge >= 0.3 is 0 Å². The fraction of sp³-hybridized carbons (Fsp3) is 0.562. The van der Waals surface area contributed by atoms with Gasteiger partial charge in [0.2, 0.25) is 0 Å². The minimum Gasteiger partial charge on any atom is -0.397 e. The lowest BCUT2D eigenvalue weighted by Gasteiger charge is -2.38. The van der Waals surface area contributed by atoms with Gasteiger partial charge in [0.25, 0.3) is 5.91 Å². The second kappa shape index (κ2) is 6.80. The molecule has 1 aliphatic rings. The highest BCUT2D eigenvalue weighted by molar-refractivity contribution is 5.96. The Morgan fingerprint density at radius 1 is 1.48 bits per heavy atom. The van der Waals surface area contributed by atoms with Gasteiger partial charge < -0.3 is 20.9 Å². The predicted molar refractivity (Wildman–Crippen MR) is 87.8 cm³/mol. The number of hydrogen-bond acceptors (Lipinski definition) is 4. The number of nitrogens with zero attached hydrogens (tertiary/aromatic N) is 2. The van der Waals surface area contributed by atoms with Gasteiger partial charge in [0.05, 0.1) is 11.4 Å². The average Bonchev–Trinajstić information content (AvgIpc) is 2.48. The molecule has 1 amide bonds. The smallest absolute Gasteiger partial charge is 0.251 e. The highest BCUT2D eigenvalue weighted by Crippen LogP contribution is 2.28. The summed E-state index contributed by atoms with van der Waals surface area (Å²) in [5.41, 5.74) is 8.52. The SMILES string of the molecule is CCNC(=O)c1ccc(N)c(N2CCCC(N(C)C)C2)c1. The fourth-order valence-electron chi connectivity index (χ4n) is 2.82. The van der Waals surface area contributed by atoms with Crippen LogP contribution < -0.4 is 16.0 Å². The summed E-state index contributed by atoms with van der Waals surface area (Å²) in [5.74, 6) is -0.0417. The van der Waals surface area contributed by atoms with Crippen LogP contribution in [-0.2, 0) is 0 Å². The summed E-state index contributed by atoms with van der Waals surface area (Å²) in [6, 6.07) is 6.07. The third-order valence-electron chi connectivity index (χ3n) is 4.10. The highest BCUT2D eigenvalue weighted by Gasteiger charge is 2.23. The number of piperidine rings is 1. The van der Waals surface area contributed by atoms with Crippen molar-refractivity contribution in [1.82, 2.24) is 10.2 Å². The van der Waals surface area contributed by atoms with Gasteiger partial charge in [-0.3, -0.25) is 4.79 Å². The Bertz CT molecular complexity index is 501. The summed E-state index contributed by atoms with van der Waals surface area (Å²) in [6.45, 7) is 4.50. The number of likely N-dealkylation sites (N-methyl/N-ethyl adjacent to an activating group) is 1. The molecule has 5 nitrogen and oxygen atoms in total. The summed E-state index contributed by atoms with van der Waals surface area (Å²) < 4.78 is 0. The van der Waals surface area contributed by atoms with E-state index in [1.165, 1.54) is 6.42 Å². The number of hydrogen-bond donors (Lipinski definition) is 2. The first-order valence-corrected chi connectivity index (χ1v) is 7.62. The highest BCUT2D eigenvalue weighted by atomic mass is 16.1. The molecule has 2 rings (SSSR count). The van der Waals surface area contributed by atoms with Crippen molar-refractivity contribution < 1.29 is 4.79 Å². The molecule has 1 aromatic carbocycles. The molecule has 21 heavy (non-hydrogen) atoms. The molecule has 0 aromatic heterocycles. The van der Waals surface area contributed by atoms with Gasteiger partial charge in [-0.25, -0.2) is 0 Å². The molecule has 0 bridgehead atoms. The number of benzene rings is 1. The van der Waals surface area contributed by atoms with E-state index in [4.69, 9.17) is 5.73 Å². The molecule has 3 N–H and O–H groups in total. The first-order valence-electron chi connectivity index (χ1n) is 7.62. The van der Waals surface area contributed by atoms with Gasteiger partial charge in [0, 0.05) is 31.2 Å². The maximum Gasteiger partial charge on any atom is 0.251 e. The normalized spacial score (nSPS) is 18.9. The minimum atomic E-state index is -0.0417. The number of nitrogens with two attached hydrogens (primary N) is 1. The zero-order valence-electron chi connectivity index (χ0n) is 13.2. The third kappa shape index (κ3) is 3.67. The topological polar surface area (TPSA) is 61.6 Å². The summed E-state index contributed by atoms with van der Waals surface area (Å²) in [4.78, 5) is 16.5. The van der Waals surface area contributed by atoms with Crippen LogP contribution in [0.15, 0.2) is 18.2 Å². The summed E-state index contributed by atoms with van der Waals surface area (Å²) in [7, 11) is 4.23. The number of amides is 1. The first kappa shape index (κ1) is 15.6. The molecule has 1 aliphatic heterocycles. The molecule has 1 saturated heterocycles. The van der Waals surface area contributed by atoms with Crippen LogP contribution in [0.4, 0.5) is 11.4 Å². The Hall–Kier alpha value is -1.75. The van der Waals surface area contributed by atoms with Crippen molar-refractivity contribution in [2.45, 2.75) is 25.8 Å². The predicted octanol–water partition coefficient (Wildman–Crippen LogP) is 1.55. The molecule has 1 unspecified atom stereocenters. The van der Waals surface area contributed by atoms with Gasteiger partial charge in [-0.1, -0.05) is 0 Å². The van der Waals surface area contributed by atoms with E-state index in [0.29, 0.717) is 18.2 Å². The van der Waals surface area contributed by atoms with Crippen LogP contribution >= 0.6 is 0 Å². The lowest BCUT2D eigenvalue weighted by molar-refractivity contribution is 0.0956. The van der Waals surface area contributed by atoms with Crippen LogP contribution in [0.1, 0.15) is 30.1 Å². The van der Waals surface area contributed by atoms with Crippen LogP contribution in [0.25, 0.3) is 0 Å². The number of rotatable bonds is 4. The minimum absolute atomic E-state index is 0.0417. The molecular weight excluding hydrogens is 264 g/mol. The molecule has 0 saturated carbocycles. The van der Waals surface area contributed by atoms with Crippen LogP contribution in [0, 0.1) is 0 Å². The Kier molecular flexibility index (Phi) is 5.07. The van der Waals surface area contributed by atoms with E-state index < -0.39 is 0 Å². The summed E-state index contributed by atoms with van der Waals surface area (Å²) in [5, 5.41) is 2.83. The standard InChI is InChI=1S/C16H26N4O/c1-4-18-16(21)12-7-8-14(17)15(10-12)20-9-5-6-13(11-20)19(2)3/h7-8,10,13H,4-6,9,11,17H2,1-3H3,(H,18,21). The molecule has 0 spiro atoms. The van der Waals surface area contributed by atoms with Gasteiger partial charge in [0.15, 0.2) is 0 Å². The second-order valence-corrected chi connectivity index (χ2v) is 5.84. The van der Waals surface area contributed by atoms with Crippen LogP contribution in [0.3, 0.4) is 0 Å². The monoisotopic (exact) mass is 290 g/mol. The zero-order chi connectivity index (χ0) is 15.4. The fourth-order valence-corrected chi connectivity index (χ4v) is 2.82. The first-order chi connectivity index (χ1) is 10.0. The van der Waals surface area contributed by atoms with Crippen LogP contribution in [0.2, 0.25) is 0 Å². The number of nitrogens with one attached hydrogen (secondary N) is 1. The van der Waals surface area contributed by atoms with Crippen LogP contribution in [-0.4, -0.2) is 50.6 Å². The third-order valence-corrected chi connectivity index (χ3v) is 4.10. The Balaban J connectivity index is 2.22. The van der Waals surface area contributed by atoms with Crippen molar-refractivity contribution in [3.8, 4) is 0 Å². The molecule has 5 heteroatoms. The van der Waals surface area contributed by atoms with Crippen molar-refractivity contribution in [2.24, 2.45) is 0 Å². The Morgan fingerprint density at radius 2 is 2.24 bits per heavy atom. The molecule has 116 valence electrons. The molecule has 1 heterocycles. The van der Waals surface area contributed by atoms with E-state index >= 15 is 0 Å². The van der Waals surface area contributed by atoms with E-state index in [1.54, 1.807) is 6.07 Å². The number of nitrogen functional groups attached to an aromatic ring is 1. The second-order valence-electron chi connectivity index (χ2n) is 5.84. The number of anilines is 2. The maximum absolute atomic E-state index is 12.0. The largest absolute Gasteiger partial charge is 0.397 e. The molecule has 0 aliphatic carbocycles. The zero-order valence-corrected chi connectivity index (χ0v) is 13.2. The van der Waals surface area contributed by atoms with Crippen molar-refractivity contribution in [3.05, 3.63) is 23.8 Å². The number of carbonyl (C=O) groups is 1. The quantitative estimate of drug-likeness (QED) is 0.826. The Labute approximate surface area is 127 Å². The van der Waals surface area contributed by atoms with Gasteiger partial charge in [-0.15, -0.1) is 0 Å². The van der Waals surface area contributed by atoms with Crippen molar-refractivity contribution >= 4 is 17.3 Å². The summed E-state index contributed by atoms with van der Waals surface area (Å²) >= 11 is 0. The van der Waals surface area contributed by atoms with Crippen LogP contribution in [0.5, 0.6) is 0 Å². The average molecular weight is 290 g/mol. The Morgan fingerprint density at radius 3 is 2.90 bits per heavy atom.